The van der Waals surface area contributed by atoms with Gasteiger partial charge in [-0.05, 0) is 49.6 Å². The second kappa shape index (κ2) is 9.08. The summed E-state index contributed by atoms with van der Waals surface area (Å²) in [7, 11) is -7.84. The molecule has 11 heteroatoms. The molecule has 2 aromatic carbocycles. The van der Waals surface area contributed by atoms with Crippen molar-refractivity contribution in [3.63, 3.8) is 0 Å². The molecular formula is C22H23N3O6S2. The van der Waals surface area contributed by atoms with Gasteiger partial charge in [0, 0.05) is 25.2 Å². The van der Waals surface area contributed by atoms with E-state index in [9.17, 15) is 21.6 Å². The number of sulfonamides is 1. The molecule has 3 aromatic rings. The van der Waals surface area contributed by atoms with Crippen molar-refractivity contribution in [1.82, 2.24) is 14.8 Å². The van der Waals surface area contributed by atoms with Crippen LogP contribution in [-0.4, -0.2) is 51.9 Å². The predicted octanol–water partition coefficient (Wildman–Crippen LogP) is 2.40. The van der Waals surface area contributed by atoms with Crippen LogP contribution in [0.15, 0.2) is 80.0 Å². The van der Waals surface area contributed by atoms with Gasteiger partial charge in [-0.25, -0.2) is 21.6 Å². The number of piperidine rings is 1. The first-order chi connectivity index (χ1) is 15.7. The fraction of sp³-hybridized carbons (Fsp3) is 0.273. The summed E-state index contributed by atoms with van der Waals surface area (Å²) in [4.78, 5) is 13.9. The van der Waals surface area contributed by atoms with Crippen molar-refractivity contribution in [3.05, 3.63) is 72.1 Å². The molecule has 33 heavy (non-hydrogen) atoms. The molecule has 1 amide bonds. The third kappa shape index (κ3) is 4.85. The topological polar surface area (TPSA) is 127 Å². The molecule has 0 radical (unpaired) electrons. The summed E-state index contributed by atoms with van der Waals surface area (Å²) in [5, 5.41) is 3.53. The number of nitrogens with one attached hydrogen (secondary N) is 1. The van der Waals surface area contributed by atoms with Crippen molar-refractivity contribution < 1.29 is 26.2 Å². The average molecular weight is 490 g/mol. The predicted molar refractivity (Wildman–Crippen MR) is 119 cm³/mol. The molecule has 0 atom stereocenters. The highest BCUT2D eigenvalue weighted by molar-refractivity contribution is 7.91. The van der Waals surface area contributed by atoms with Crippen LogP contribution in [0.3, 0.4) is 0 Å². The zero-order valence-corrected chi connectivity index (χ0v) is 19.5. The Morgan fingerprint density at radius 2 is 1.70 bits per heavy atom. The summed E-state index contributed by atoms with van der Waals surface area (Å²) in [6, 6.07) is 13.1. The normalized spacial score (nSPS) is 15.5. The lowest BCUT2D eigenvalue weighted by Gasteiger charge is -2.31. The number of nitrogens with zero attached hydrogens (tertiary/aromatic N) is 2. The number of hydrogen-bond acceptors (Lipinski definition) is 7. The van der Waals surface area contributed by atoms with Crippen LogP contribution in [0, 0.1) is 6.92 Å². The number of amides is 1. The average Bonchev–Trinajstić information content (AvgIpc) is 3.34. The maximum atomic E-state index is 13.1. The molecule has 0 bridgehead atoms. The largest absolute Gasteiger partial charge is 0.351 e. The summed E-state index contributed by atoms with van der Waals surface area (Å²) < 4.78 is 59.7. The van der Waals surface area contributed by atoms with E-state index in [1.165, 1.54) is 42.6 Å². The van der Waals surface area contributed by atoms with Crippen molar-refractivity contribution >= 4 is 25.8 Å². The molecule has 9 nitrogen and oxygen atoms in total. The van der Waals surface area contributed by atoms with Crippen molar-refractivity contribution in [3.8, 4) is 0 Å². The lowest BCUT2D eigenvalue weighted by Crippen LogP contribution is -2.46. The molecule has 0 spiro atoms. The molecule has 1 saturated heterocycles. The van der Waals surface area contributed by atoms with E-state index in [1.54, 1.807) is 30.0 Å². The van der Waals surface area contributed by atoms with Gasteiger partial charge in [-0.3, -0.25) is 4.79 Å². The number of aromatic nitrogens is 1. The fourth-order valence-corrected chi connectivity index (χ4v) is 6.70. The van der Waals surface area contributed by atoms with Gasteiger partial charge in [0.05, 0.1) is 20.9 Å². The van der Waals surface area contributed by atoms with Gasteiger partial charge >= 0.3 is 0 Å². The number of aryl methyl sites for hydroxylation is 1. The van der Waals surface area contributed by atoms with Crippen molar-refractivity contribution in [2.45, 2.75) is 40.5 Å². The van der Waals surface area contributed by atoms with Gasteiger partial charge in [0.15, 0.2) is 0 Å². The van der Waals surface area contributed by atoms with Gasteiger partial charge in [-0.2, -0.15) is 0 Å². The second-order valence-corrected chi connectivity index (χ2v) is 11.4. The van der Waals surface area contributed by atoms with Gasteiger partial charge in [0.2, 0.25) is 25.6 Å². The van der Waals surface area contributed by atoms with E-state index < -0.39 is 19.9 Å². The maximum absolute atomic E-state index is 13.1. The molecule has 0 aliphatic carbocycles. The van der Waals surface area contributed by atoms with Gasteiger partial charge < -0.3 is 9.42 Å². The second-order valence-electron chi connectivity index (χ2n) is 7.81. The standard InChI is InChI=1S/C22H23N3O6S2/c1-16-7-8-19(32(27,28)18-5-3-2-4-6-18)15-21(16)33(29,30)24-17-10-13-25(14-11-17)22(26)20-9-12-23-31-20/h2-9,12,15,17,24H,10-11,13-14H2,1H3. The van der Waals surface area contributed by atoms with E-state index in [-0.39, 0.29) is 32.4 Å². The highest BCUT2D eigenvalue weighted by Crippen LogP contribution is 2.26. The Morgan fingerprint density at radius 3 is 2.33 bits per heavy atom. The molecule has 4 rings (SSSR count). The van der Waals surface area contributed by atoms with Crippen LogP contribution >= 0.6 is 0 Å². The number of likely N-dealkylation sites (tertiary alicyclic amines) is 1. The van der Waals surface area contributed by atoms with Crippen LogP contribution in [-0.2, 0) is 19.9 Å². The zero-order valence-electron chi connectivity index (χ0n) is 17.8. The van der Waals surface area contributed by atoms with Gasteiger partial charge in [-0.1, -0.05) is 29.4 Å². The third-order valence-electron chi connectivity index (χ3n) is 5.57. The first-order valence-corrected chi connectivity index (χ1v) is 13.3. The summed E-state index contributed by atoms with van der Waals surface area (Å²) in [5.41, 5.74) is 0.437. The van der Waals surface area contributed by atoms with E-state index in [0.29, 0.717) is 31.5 Å². The third-order valence-corrected chi connectivity index (χ3v) is 9.00. The zero-order chi connectivity index (χ0) is 23.6. The molecule has 174 valence electrons. The molecule has 1 aromatic heterocycles. The van der Waals surface area contributed by atoms with E-state index >= 15 is 0 Å². The van der Waals surface area contributed by atoms with Crippen LogP contribution in [0.2, 0.25) is 0 Å². The fourth-order valence-electron chi connectivity index (χ4n) is 3.74. The van der Waals surface area contributed by atoms with Crippen molar-refractivity contribution in [2.24, 2.45) is 0 Å². The Labute approximate surface area is 192 Å². The van der Waals surface area contributed by atoms with Crippen LogP contribution < -0.4 is 4.72 Å². The monoisotopic (exact) mass is 489 g/mol. The summed E-state index contributed by atoms with van der Waals surface area (Å²) in [5.74, 6) is -0.149. The summed E-state index contributed by atoms with van der Waals surface area (Å²) in [6.07, 6.45) is 2.23. The van der Waals surface area contributed by atoms with E-state index in [1.807, 2.05) is 0 Å². The Morgan fingerprint density at radius 1 is 1.00 bits per heavy atom. The van der Waals surface area contributed by atoms with Crippen molar-refractivity contribution in [2.75, 3.05) is 13.1 Å². The first-order valence-electron chi connectivity index (χ1n) is 10.3. The Bertz CT molecular complexity index is 1350. The van der Waals surface area contributed by atoms with Crippen molar-refractivity contribution in [1.29, 1.82) is 0 Å². The highest BCUT2D eigenvalue weighted by atomic mass is 32.2. The minimum absolute atomic E-state index is 0.0836. The van der Waals surface area contributed by atoms with Crippen LogP contribution in [0.1, 0.15) is 29.0 Å². The maximum Gasteiger partial charge on any atom is 0.292 e. The molecule has 1 N–H and O–H groups in total. The molecular weight excluding hydrogens is 466 g/mol. The number of sulfone groups is 1. The minimum Gasteiger partial charge on any atom is -0.351 e. The van der Waals surface area contributed by atoms with Crippen LogP contribution in [0.4, 0.5) is 0 Å². The quantitative estimate of drug-likeness (QED) is 0.563. The lowest BCUT2D eigenvalue weighted by molar-refractivity contribution is 0.0669. The highest BCUT2D eigenvalue weighted by Gasteiger charge is 2.30. The Hall–Kier alpha value is -3.02. The minimum atomic E-state index is -3.98. The molecule has 2 heterocycles. The smallest absolute Gasteiger partial charge is 0.292 e. The molecule has 0 unspecified atom stereocenters. The van der Waals surface area contributed by atoms with Gasteiger partial charge in [-0.15, -0.1) is 0 Å². The van der Waals surface area contributed by atoms with Crippen LogP contribution in [0.25, 0.3) is 0 Å². The Kier molecular flexibility index (Phi) is 6.37. The number of carbonyl (C=O) groups excluding carboxylic acids is 1. The Balaban J connectivity index is 1.50. The number of carbonyl (C=O) groups is 1. The van der Waals surface area contributed by atoms with E-state index in [4.69, 9.17) is 4.52 Å². The van der Waals surface area contributed by atoms with E-state index in [2.05, 4.69) is 9.88 Å². The van der Waals surface area contributed by atoms with Gasteiger partial charge in [0.1, 0.15) is 0 Å². The number of hydrogen-bond donors (Lipinski definition) is 1. The SMILES string of the molecule is Cc1ccc(S(=O)(=O)c2ccccc2)cc1S(=O)(=O)NC1CCN(C(=O)c2ccno2)CC1. The van der Waals surface area contributed by atoms with E-state index in [0.717, 1.165) is 0 Å². The molecule has 1 aliphatic rings. The molecule has 1 fully saturated rings. The summed E-state index contributed by atoms with van der Waals surface area (Å²) >= 11 is 0. The molecule has 0 saturated carbocycles. The number of benzene rings is 2. The summed E-state index contributed by atoms with van der Waals surface area (Å²) in [6.45, 7) is 2.33. The van der Waals surface area contributed by atoms with Gasteiger partial charge in [0.25, 0.3) is 5.91 Å². The molecule has 1 aliphatic heterocycles. The van der Waals surface area contributed by atoms with Crippen LogP contribution in [0.5, 0.6) is 0 Å². The lowest BCUT2D eigenvalue weighted by atomic mass is 10.1. The number of rotatable bonds is 6. The first kappa shape index (κ1) is 23.1.